The van der Waals surface area contributed by atoms with E-state index < -0.39 is 10.0 Å². The van der Waals surface area contributed by atoms with Crippen molar-refractivity contribution in [3.8, 4) is 45.3 Å². The van der Waals surface area contributed by atoms with Crippen molar-refractivity contribution in [2.75, 3.05) is 0 Å². The van der Waals surface area contributed by atoms with Gasteiger partial charge in [0.15, 0.2) is 17.5 Å². The zero-order valence-electron chi connectivity index (χ0n) is 30.4. The predicted molar refractivity (Wildman–Crippen MR) is 229 cm³/mol. The van der Waals surface area contributed by atoms with Crippen LogP contribution < -0.4 is 0 Å². The standard InChI is InChI=1S/C51H35N3OS/c1-6-19-36(20-7-1)49-52-50(37-21-8-2-9-22-37)54-51(53-49)45-34-39(35-47-48(45)44-31-16-17-32-46(44)55-47)38-23-18-30-43(33-38)56(40-24-10-3-11-25-40,41-26-12-4-13-27-41)42-28-14-5-15-29-42/h1-35H. The Hall–Kier alpha value is -7.08. The number of hydrogen-bond donors (Lipinski definition) is 0. The zero-order chi connectivity index (χ0) is 37.3. The third kappa shape index (κ3) is 5.86. The van der Waals surface area contributed by atoms with Gasteiger partial charge in [0, 0.05) is 47.0 Å². The first-order valence-corrected chi connectivity index (χ1v) is 20.3. The Morgan fingerprint density at radius 3 is 1.32 bits per heavy atom. The SMILES string of the molecule is c1ccc(-c2nc(-c3ccccc3)nc(-c3cc(-c4cccc(S(c5ccccc5)(c5ccccc5)c5ccccc5)c4)cc4oc5ccccc5c34)n2)cc1. The van der Waals surface area contributed by atoms with Gasteiger partial charge in [0.1, 0.15) is 11.2 Å². The fraction of sp³-hybridized carbons (Fsp3) is 0. The van der Waals surface area contributed by atoms with Gasteiger partial charge in [0.05, 0.1) is 0 Å². The minimum Gasteiger partial charge on any atom is -0.456 e. The number of aromatic nitrogens is 3. The molecular weight excluding hydrogens is 703 g/mol. The molecule has 0 fully saturated rings. The maximum atomic E-state index is 6.65. The molecule has 0 N–H and O–H groups in total. The normalized spacial score (nSPS) is 11.9. The van der Waals surface area contributed by atoms with E-state index in [9.17, 15) is 0 Å². The lowest BCUT2D eigenvalue weighted by Gasteiger charge is -2.42. The van der Waals surface area contributed by atoms with Crippen molar-refractivity contribution in [3.63, 3.8) is 0 Å². The van der Waals surface area contributed by atoms with Crippen molar-refractivity contribution in [2.45, 2.75) is 19.6 Å². The maximum absolute atomic E-state index is 6.65. The second kappa shape index (κ2) is 14.3. The molecule has 0 saturated carbocycles. The van der Waals surface area contributed by atoms with Crippen LogP contribution in [0.5, 0.6) is 0 Å². The van der Waals surface area contributed by atoms with E-state index in [-0.39, 0.29) is 0 Å². The first kappa shape index (κ1) is 33.5. The van der Waals surface area contributed by atoms with Crippen LogP contribution in [0.4, 0.5) is 0 Å². The summed E-state index contributed by atoms with van der Waals surface area (Å²) in [5, 5.41) is 1.99. The van der Waals surface area contributed by atoms with Gasteiger partial charge in [-0.2, -0.15) is 0 Å². The lowest BCUT2D eigenvalue weighted by atomic mass is 9.98. The van der Waals surface area contributed by atoms with E-state index in [0.29, 0.717) is 17.5 Å². The molecule has 266 valence electrons. The summed E-state index contributed by atoms with van der Waals surface area (Å²) in [6, 6.07) is 74.7. The monoisotopic (exact) mass is 737 g/mol. The van der Waals surface area contributed by atoms with E-state index in [2.05, 4.69) is 140 Å². The first-order chi connectivity index (χ1) is 27.8. The Kier molecular flexibility index (Phi) is 8.55. The maximum Gasteiger partial charge on any atom is 0.164 e. The third-order valence-corrected chi connectivity index (χ3v) is 14.1. The molecule has 56 heavy (non-hydrogen) atoms. The molecular formula is C51H35N3OS. The molecule has 5 heteroatoms. The number of hydrogen-bond acceptors (Lipinski definition) is 4. The van der Waals surface area contributed by atoms with E-state index in [4.69, 9.17) is 19.4 Å². The molecule has 2 aromatic heterocycles. The summed E-state index contributed by atoms with van der Waals surface area (Å²) in [6.07, 6.45) is 0. The number of nitrogens with zero attached hydrogens (tertiary/aromatic N) is 3. The van der Waals surface area contributed by atoms with Gasteiger partial charge in [-0.15, -0.1) is 10.0 Å². The molecule has 0 aliphatic heterocycles. The van der Waals surface area contributed by atoms with Crippen molar-refractivity contribution < 1.29 is 4.42 Å². The highest BCUT2D eigenvalue weighted by Gasteiger charge is 2.33. The second-order valence-electron chi connectivity index (χ2n) is 13.6. The number of furan rings is 1. The van der Waals surface area contributed by atoms with E-state index in [1.807, 2.05) is 72.8 Å². The summed E-state index contributed by atoms with van der Waals surface area (Å²) in [7, 11) is -1.90. The van der Waals surface area contributed by atoms with Crippen molar-refractivity contribution in [1.82, 2.24) is 15.0 Å². The number of benzene rings is 8. The van der Waals surface area contributed by atoms with E-state index in [1.165, 1.54) is 19.6 Å². The molecule has 0 amide bonds. The van der Waals surface area contributed by atoms with Crippen LogP contribution in [-0.2, 0) is 0 Å². The zero-order valence-corrected chi connectivity index (χ0v) is 31.2. The third-order valence-electron chi connectivity index (χ3n) is 10.2. The van der Waals surface area contributed by atoms with E-state index in [1.54, 1.807) is 0 Å². The lowest BCUT2D eigenvalue weighted by Crippen LogP contribution is -2.05. The highest BCUT2D eigenvalue weighted by atomic mass is 32.3. The summed E-state index contributed by atoms with van der Waals surface area (Å²) >= 11 is 0. The Balaban J connectivity index is 1.24. The van der Waals surface area contributed by atoms with Crippen molar-refractivity contribution in [2.24, 2.45) is 0 Å². The van der Waals surface area contributed by atoms with Crippen LogP contribution in [0.2, 0.25) is 0 Å². The molecule has 0 aliphatic rings. The van der Waals surface area contributed by atoms with Crippen molar-refractivity contribution >= 4 is 32.0 Å². The van der Waals surface area contributed by atoms with Gasteiger partial charge >= 0.3 is 0 Å². The fourth-order valence-electron chi connectivity index (χ4n) is 7.68. The van der Waals surface area contributed by atoms with Gasteiger partial charge in [-0.3, -0.25) is 0 Å². The van der Waals surface area contributed by atoms with Crippen molar-refractivity contribution in [3.05, 3.63) is 212 Å². The van der Waals surface area contributed by atoms with Gasteiger partial charge in [0.2, 0.25) is 0 Å². The predicted octanol–water partition coefficient (Wildman–Crippen LogP) is 13.8. The van der Waals surface area contributed by atoms with Crippen molar-refractivity contribution in [1.29, 1.82) is 0 Å². The highest BCUT2D eigenvalue weighted by molar-refractivity contribution is 8.34. The van der Waals surface area contributed by atoms with Crippen LogP contribution in [0.15, 0.2) is 236 Å². The van der Waals surface area contributed by atoms with E-state index >= 15 is 0 Å². The molecule has 0 unspecified atom stereocenters. The minimum absolute atomic E-state index is 0.588. The Bertz CT molecular complexity index is 2800. The molecule has 0 bridgehead atoms. The Morgan fingerprint density at radius 1 is 0.321 bits per heavy atom. The molecule has 0 radical (unpaired) electrons. The Morgan fingerprint density at radius 2 is 0.768 bits per heavy atom. The van der Waals surface area contributed by atoms with Gasteiger partial charge in [0.25, 0.3) is 0 Å². The molecule has 4 nitrogen and oxygen atoms in total. The average Bonchev–Trinajstić information content (AvgIpc) is 3.67. The average molecular weight is 738 g/mol. The van der Waals surface area contributed by atoms with Crippen LogP contribution in [0.3, 0.4) is 0 Å². The van der Waals surface area contributed by atoms with Crippen LogP contribution >= 0.6 is 10.0 Å². The van der Waals surface area contributed by atoms with Crippen LogP contribution in [0, 0.1) is 0 Å². The smallest absolute Gasteiger partial charge is 0.164 e. The molecule has 0 spiro atoms. The summed E-state index contributed by atoms with van der Waals surface area (Å²) in [6.45, 7) is 0. The molecule has 10 aromatic rings. The molecule has 10 rings (SSSR count). The topological polar surface area (TPSA) is 51.8 Å². The molecule has 8 aromatic carbocycles. The van der Waals surface area contributed by atoms with Gasteiger partial charge < -0.3 is 4.42 Å². The number of rotatable bonds is 8. The fourth-order valence-corrected chi connectivity index (χ4v) is 11.6. The minimum atomic E-state index is -1.90. The lowest BCUT2D eigenvalue weighted by molar-refractivity contribution is 0.669. The summed E-state index contributed by atoms with van der Waals surface area (Å²) in [5.41, 5.74) is 6.42. The Labute approximate surface area is 327 Å². The summed E-state index contributed by atoms with van der Waals surface area (Å²) in [4.78, 5) is 20.4. The van der Waals surface area contributed by atoms with Crippen LogP contribution in [0.1, 0.15) is 0 Å². The van der Waals surface area contributed by atoms with Crippen LogP contribution in [-0.4, -0.2) is 15.0 Å². The van der Waals surface area contributed by atoms with Gasteiger partial charge in [-0.1, -0.05) is 146 Å². The molecule has 2 heterocycles. The van der Waals surface area contributed by atoms with E-state index in [0.717, 1.165) is 49.8 Å². The van der Waals surface area contributed by atoms with Gasteiger partial charge in [-0.05, 0) is 77.9 Å². The van der Waals surface area contributed by atoms with Gasteiger partial charge in [-0.25, -0.2) is 15.0 Å². The quantitative estimate of drug-likeness (QED) is 0.156. The second-order valence-corrected chi connectivity index (χ2v) is 16.7. The molecule has 0 saturated heterocycles. The summed E-state index contributed by atoms with van der Waals surface area (Å²) < 4.78 is 6.65. The van der Waals surface area contributed by atoms with Crippen LogP contribution in [0.25, 0.3) is 67.2 Å². The number of para-hydroxylation sites is 1. The largest absolute Gasteiger partial charge is 0.456 e. The highest BCUT2D eigenvalue weighted by Crippen LogP contribution is 2.73. The molecule has 0 aliphatic carbocycles. The number of fused-ring (bicyclic) bond motifs is 3. The molecule has 0 atom stereocenters. The summed E-state index contributed by atoms with van der Waals surface area (Å²) in [5.74, 6) is 1.82. The first-order valence-electron chi connectivity index (χ1n) is 18.7.